The van der Waals surface area contributed by atoms with Crippen LogP contribution in [0.5, 0.6) is 5.75 Å². The molecule has 2 aromatic carbocycles. The first kappa shape index (κ1) is 26.7. The second-order valence-corrected chi connectivity index (χ2v) is 10.3. The lowest BCUT2D eigenvalue weighted by Gasteiger charge is -2.32. The largest absolute Gasteiger partial charge is 0.497 e. The van der Waals surface area contributed by atoms with E-state index in [2.05, 4.69) is 21.2 Å². The lowest BCUT2D eigenvalue weighted by atomic mass is 10.1. The number of rotatable bonds is 11. The van der Waals surface area contributed by atoms with Gasteiger partial charge in [-0.2, -0.15) is 0 Å². The standard InChI is InChI=1S/C23H30BrN3O5S/c1-5-21(23(29)25-6-2)26(15-17-8-7-9-20(14-17)32-3)22(28)16-27(33(4,30)31)19-12-10-18(24)11-13-19/h7-14,21H,5-6,15-16H2,1-4H3,(H,25,29)/t21-/m0/s1. The van der Waals surface area contributed by atoms with Crippen LogP contribution in [0.1, 0.15) is 25.8 Å². The molecule has 0 spiro atoms. The molecule has 0 aromatic heterocycles. The minimum atomic E-state index is -3.76. The molecular weight excluding hydrogens is 510 g/mol. The van der Waals surface area contributed by atoms with Gasteiger partial charge in [-0.15, -0.1) is 0 Å². The molecule has 180 valence electrons. The van der Waals surface area contributed by atoms with E-state index in [1.54, 1.807) is 56.5 Å². The molecule has 1 atom stereocenters. The first-order valence-corrected chi connectivity index (χ1v) is 13.2. The van der Waals surface area contributed by atoms with Gasteiger partial charge in [0.25, 0.3) is 0 Å². The fourth-order valence-corrected chi connectivity index (χ4v) is 4.51. The number of carbonyl (C=O) groups excluding carboxylic acids is 2. The first-order chi connectivity index (χ1) is 15.6. The Morgan fingerprint density at radius 1 is 1.12 bits per heavy atom. The lowest BCUT2D eigenvalue weighted by molar-refractivity contribution is -0.140. The highest BCUT2D eigenvalue weighted by Crippen LogP contribution is 2.22. The average molecular weight is 540 g/mol. The molecular formula is C23H30BrN3O5S. The van der Waals surface area contributed by atoms with E-state index in [4.69, 9.17) is 4.74 Å². The molecule has 0 fully saturated rings. The summed E-state index contributed by atoms with van der Waals surface area (Å²) in [5.41, 5.74) is 1.13. The molecule has 2 amide bonds. The molecule has 0 bridgehead atoms. The fraction of sp³-hybridized carbons (Fsp3) is 0.391. The SMILES string of the molecule is CCNC(=O)[C@H](CC)N(Cc1cccc(OC)c1)C(=O)CN(c1ccc(Br)cc1)S(C)(=O)=O. The third-order valence-corrected chi connectivity index (χ3v) is 6.69. The number of likely N-dealkylation sites (N-methyl/N-ethyl adjacent to an activating group) is 1. The van der Waals surface area contributed by atoms with Crippen molar-refractivity contribution in [2.24, 2.45) is 0 Å². The van der Waals surface area contributed by atoms with Crippen LogP contribution in [-0.4, -0.2) is 57.6 Å². The molecule has 0 aliphatic heterocycles. The average Bonchev–Trinajstić information content (AvgIpc) is 2.77. The molecule has 10 heteroatoms. The number of ether oxygens (including phenoxy) is 1. The highest BCUT2D eigenvalue weighted by molar-refractivity contribution is 9.10. The lowest BCUT2D eigenvalue weighted by Crippen LogP contribution is -2.52. The Morgan fingerprint density at radius 2 is 1.79 bits per heavy atom. The smallest absolute Gasteiger partial charge is 0.244 e. The maximum Gasteiger partial charge on any atom is 0.244 e. The maximum atomic E-state index is 13.5. The van der Waals surface area contributed by atoms with Gasteiger partial charge in [-0.1, -0.05) is 35.0 Å². The summed E-state index contributed by atoms with van der Waals surface area (Å²) in [4.78, 5) is 27.7. The van der Waals surface area contributed by atoms with Crippen molar-refractivity contribution in [1.82, 2.24) is 10.2 Å². The monoisotopic (exact) mass is 539 g/mol. The van der Waals surface area contributed by atoms with Crippen molar-refractivity contribution in [3.8, 4) is 5.75 Å². The number of amides is 2. The highest BCUT2D eigenvalue weighted by atomic mass is 79.9. The Labute approximate surface area is 204 Å². The quantitative estimate of drug-likeness (QED) is 0.473. The van der Waals surface area contributed by atoms with E-state index in [9.17, 15) is 18.0 Å². The van der Waals surface area contributed by atoms with Gasteiger partial charge in [-0.25, -0.2) is 8.42 Å². The molecule has 0 saturated carbocycles. The van der Waals surface area contributed by atoms with Crippen molar-refractivity contribution >= 4 is 43.5 Å². The van der Waals surface area contributed by atoms with Crippen molar-refractivity contribution in [3.63, 3.8) is 0 Å². The van der Waals surface area contributed by atoms with Gasteiger partial charge >= 0.3 is 0 Å². The van der Waals surface area contributed by atoms with Crippen LogP contribution >= 0.6 is 15.9 Å². The van der Waals surface area contributed by atoms with Gasteiger partial charge in [0.05, 0.1) is 19.1 Å². The Hall–Kier alpha value is -2.59. The number of nitrogens with zero attached hydrogens (tertiary/aromatic N) is 2. The summed E-state index contributed by atoms with van der Waals surface area (Å²) < 4.78 is 32.2. The number of hydrogen-bond acceptors (Lipinski definition) is 5. The summed E-state index contributed by atoms with van der Waals surface area (Å²) in [6, 6.07) is 13.1. The molecule has 0 unspecified atom stereocenters. The molecule has 0 saturated heterocycles. The number of sulfonamides is 1. The minimum Gasteiger partial charge on any atom is -0.497 e. The van der Waals surface area contributed by atoms with E-state index in [1.165, 1.54) is 4.90 Å². The normalized spacial score (nSPS) is 12.0. The summed E-state index contributed by atoms with van der Waals surface area (Å²) in [6.07, 6.45) is 1.43. The zero-order valence-corrected chi connectivity index (χ0v) is 21.6. The van der Waals surface area contributed by atoms with Crippen LogP contribution in [-0.2, 0) is 26.2 Å². The summed E-state index contributed by atoms with van der Waals surface area (Å²) in [5.74, 6) is -0.145. The zero-order valence-electron chi connectivity index (χ0n) is 19.2. The van der Waals surface area contributed by atoms with Crippen molar-refractivity contribution in [1.29, 1.82) is 0 Å². The van der Waals surface area contributed by atoms with Crippen LogP contribution in [0.15, 0.2) is 53.0 Å². The Balaban J connectivity index is 2.43. The second-order valence-electron chi connectivity index (χ2n) is 7.44. The topological polar surface area (TPSA) is 96.0 Å². The molecule has 0 heterocycles. The molecule has 33 heavy (non-hydrogen) atoms. The number of halogens is 1. The van der Waals surface area contributed by atoms with Crippen LogP contribution in [0.3, 0.4) is 0 Å². The molecule has 1 N–H and O–H groups in total. The van der Waals surface area contributed by atoms with E-state index >= 15 is 0 Å². The van der Waals surface area contributed by atoms with Crippen molar-refractivity contribution in [3.05, 3.63) is 58.6 Å². The molecule has 8 nitrogen and oxygen atoms in total. The fourth-order valence-electron chi connectivity index (χ4n) is 3.40. The molecule has 0 aliphatic rings. The number of carbonyl (C=O) groups is 2. The molecule has 2 rings (SSSR count). The van der Waals surface area contributed by atoms with Crippen molar-refractivity contribution < 1.29 is 22.7 Å². The van der Waals surface area contributed by atoms with E-state index < -0.39 is 28.5 Å². The van der Waals surface area contributed by atoms with Crippen LogP contribution in [0.2, 0.25) is 0 Å². The summed E-state index contributed by atoms with van der Waals surface area (Å²) in [5, 5.41) is 2.77. The zero-order chi connectivity index (χ0) is 24.6. The van der Waals surface area contributed by atoms with Crippen molar-refractivity contribution in [2.45, 2.75) is 32.9 Å². The second kappa shape index (κ2) is 12.0. The third kappa shape index (κ3) is 7.46. The summed E-state index contributed by atoms with van der Waals surface area (Å²) in [6.45, 7) is 3.74. The highest BCUT2D eigenvalue weighted by Gasteiger charge is 2.31. The van der Waals surface area contributed by atoms with E-state index in [1.807, 2.05) is 13.0 Å². The van der Waals surface area contributed by atoms with Gasteiger partial charge in [0.15, 0.2) is 0 Å². The Morgan fingerprint density at radius 3 is 2.33 bits per heavy atom. The summed E-state index contributed by atoms with van der Waals surface area (Å²) in [7, 11) is -2.21. The van der Waals surface area contributed by atoms with Crippen LogP contribution < -0.4 is 14.4 Å². The van der Waals surface area contributed by atoms with Crippen LogP contribution in [0, 0.1) is 0 Å². The number of nitrogens with one attached hydrogen (secondary N) is 1. The van der Waals surface area contributed by atoms with Crippen molar-refractivity contribution in [2.75, 3.05) is 30.8 Å². The van der Waals surface area contributed by atoms with Gasteiger partial charge in [-0.05, 0) is 55.3 Å². The summed E-state index contributed by atoms with van der Waals surface area (Å²) >= 11 is 3.33. The molecule has 2 aromatic rings. The Kier molecular flexibility index (Phi) is 9.72. The number of methoxy groups -OCH3 is 1. The van der Waals surface area contributed by atoms with Crippen LogP contribution in [0.25, 0.3) is 0 Å². The number of hydrogen-bond donors (Lipinski definition) is 1. The molecule has 0 radical (unpaired) electrons. The van der Waals surface area contributed by atoms with Crippen LogP contribution in [0.4, 0.5) is 5.69 Å². The van der Waals surface area contributed by atoms with Gasteiger partial charge in [0.1, 0.15) is 18.3 Å². The molecule has 0 aliphatic carbocycles. The van der Waals surface area contributed by atoms with Gasteiger partial charge in [0, 0.05) is 17.6 Å². The van der Waals surface area contributed by atoms with Gasteiger partial charge in [0.2, 0.25) is 21.8 Å². The predicted molar refractivity (Wildman–Crippen MR) is 133 cm³/mol. The maximum absolute atomic E-state index is 13.5. The minimum absolute atomic E-state index is 0.129. The number of anilines is 1. The predicted octanol–water partition coefficient (Wildman–Crippen LogP) is 3.17. The number of benzene rings is 2. The first-order valence-electron chi connectivity index (χ1n) is 10.5. The van der Waals surface area contributed by atoms with E-state index in [0.717, 1.165) is 20.6 Å². The van der Waals surface area contributed by atoms with E-state index in [0.29, 0.717) is 24.4 Å². The van der Waals surface area contributed by atoms with E-state index in [-0.39, 0.29) is 12.5 Å². The van der Waals surface area contributed by atoms with Gasteiger partial charge in [-0.3, -0.25) is 13.9 Å². The third-order valence-electron chi connectivity index (χ3n) is 5.02. The van der Waals surface area contributed by atoms with Gasteiger partial charge < -0.3 is 15.0 Å². The Bertz CT molecular complexity index is 1060.